The number of methoxy groups -OCH3 is 1. The summed E-state index contributed by atoms with van der Waals surface area (Å²) in [4.78, 5) is 17.1. The molecule has 0 aromatic heterocycles. The predicted molar refractivity (Wildman–Crippen MR) is 90.2 cm³/mol. The zero-order chi connectivity index (χ0) is 17.3. The average molecular weight is 337 g/mol. The van der Waals surface area contributed by atoms with Gasteiger partial charge >= 0.3 is 5.97 Å². The molecule has 1 rings (SSSR count). The number of hydrogen-bond acceptors (Lipinski definition) is 6. The summed E-state index contributed by atoms with van der Waals surface area (Å²) in [7, 11) is 0.842. The highest BCUT2D eigenvalue weighted by Gasteiger charge is 2.27. The molecular formula is C16H23NO5Si. The van der Waals surface area contributed by atoms with Crippen molar-refractivity contribution in [3.63, 3.8) is 0 Å². The third-order valence-electron chi connectivity index (χ3n) is 2.46. The molecule has 0 spiro atoms. The lowest BCUT2D eigenvalue weighted by Crippen LogP contribution is -2.31. The zero-order valence-corrected chi connectivity index (χ0v) is 15.2. The van der Waals surface area contributed by atoms with Gasteiger partial charge in [0.1, 0.15) is 20.0 Å². The van der Waals surface area contributed by atoms with Crippen molar-refractivity contribution in [3.05, 3.63) is 47.9 Å². The molecule has 0 atom stereocenters. The van der Waals surface area contributed by atoms with E-state index in [1.54, 1.807) is 0 Å². The molecule has 0 aliphatic heterocycles. The molecule has 0 N–H and O–H groups in total. The first-order valence-electron chi connectivity index (χ1n) is 7.12. The minimum absolute atomic E-state index is 0.0623. The van der Waals surface area contributed by atoms with Crippen molar-refractivity contribution in [2.45, 2.75) is 26.2 Å². The summed E-state index contributed by atoms with van der Waals surface area (Å²) in [5.41, 5.74) is 0.814. The fourth-order valence-electron chi connectivity index (χ4n) is 1.63. The number of benzene rings is 1. The summed E-state index contributed by atoms with van der Waals surface area (Å²) in [6.45, 7) is 6.08. The van der Waals surface area contributed by atoms with Gasteiger partial charge < -0.3 is 18.7 Å². The van der Waals surface area contributed by atoms with Crippen LogP contribution in [0.15, 0.2) is 47.5 Å². The Balaban J connectivity index is 2.88. The molecule has 0 saturated carbocycles. The van der Waals surface area contributed by atoms with E-state index in [0.717, 1.165) is 5.56 Å². The third-order valence-corrected chi connectivity index (χ3v) is 3.30. The Labute approximate surface area is 137 Å². The van der Waals surface area contributed by atoms with Crippen LogP contribution in [0, 0.1) is 0 Å². The first-order chi connectivity index (χ1) is 10.9. The molecule has 0 radical (unpaired) electrons. The van der Waals surface area contributed by atoms with Crippen LogP contribution in [0.3, 0.4) is 0 Å². The molecule has 0 unspecified atom stereocenters. The molecule has 0 aliphatic rings. The molecule has 6 nitrogen and oxygen atoms in total. The van der Waals surface area contributed by atoms with Gasteiger partial charge in [-0.3, -0.25) is 0 Å². The second kappa shape index (κ2) is 8.99. The maximum absolute atomic E-state index is 12.3. The highest BCUT2D eigenvalue weighted by molar-refractivity contribution is 6.70. The third kappa shape index (κ3) is 7.01. The normalized spacial score (nSPS) is 12.6. The second-order valence-electron chi connectivity index (χ2n) is 5.62. The van der Waals surface area contributed by atoms with Crippen LogP contribution in [-0.2, 0) is 30.1 Å². The molecule has 0 bridgehead atoms. The summed E-state index contributed by atoms with van der Waals surface area (Å²) < 4.78 is 16.1. The number of carbonyl (C=O) groups excluding carboxylic acids is 1. The van der Waals surface area contributed by atoms with E-state index in [0.29, 0.717) is 0 Å². The first-order valence-corrected chi connectivity index (χ1v) is 10.5. The Bertz CT molecular complexity index is 564. The minimum Gasteiger partial charge on any atom is -0.541 e. The molecule has 0 fully saturated rings. The van der Waals surface area contributed by atoms with Crippen molar-refractivity contribution in [2.75, 3.05) is 14.2 Å². The van der Waals surface area contributed by atoms with Crippen molar-refractivity contribution < 1.29 is 23.5 Å². The van der Waals surface area contributed by atoms with Gasteiger partial charge in [-0.2, -0.15) is 0 Å². The van der Waals surface area contributed by atoms with Crippen molar-refractivity contribution in [2.24, 2.45) is 5.16 Å². The van der Waals surface area contributed by atoms with E-state index in [1.165, 1.54) is 20.5 Å². The molecule has 23 heavy (non-hydrogen) atoms. The average Bonchev–Trinajstić information content (AvgIpc) is 2.49. The van der Waals surface area contributed by atoms with E-state index in [9.17, 15) is 4.79 Å². The van der Waals surface area contributed by atoms with E-state index in [-0.39, 0.29) is 18.1 Å². The number of oxime groups is 1. The van der Waals surface area contributed by atoms with Crippen molar-refractivity contribution in [1.82, 2.24) is 0 Å². The van der Waals surface area contributed by atoms with Gasteiger partial charge in [0.2, 0.25) is 14.0 Å². The predicted octanol–water partition coefficient (Wildman–Crippen LogP) is 3.07. The quantitative estimate of drug-likeness (QED) is 0.240. The van der Waals surface area contributed by atoms with Gasteiger partial charge in [-0.05, 0) is 25.2 Å². The summed E-state index contributed by atoms with van der Waals surface area (Å²) in [5.74, 6) is -0.441. The van der Waals surface area contributed by atoms with Gasteiger partial charge in [0.25, 0.3) is 0 Å². The zero-order valence-electron chi connectivity index (χ0n) is 14.2. The van der Waals surface area contributed by atoms with Crippen molar-refractivity contribution >= 4 is 20.0 Å². The summed E-state index contributed by atoms with van der Waals surface area (Å²) in [5, 5.41) is 3.73. The number of ether oxygens (including phenoxy) is 2. The maximum atomic E-state index is 12.3. The highest BCUT2D eigenvalue weighted by atomic mass is 28.4. The van der Waals surface area contributed by atoms with Crippen LogP contribution in [0.2, 0.25) is 19.6 Å². The molecule has 7 heteroatoms. The van der Waals surface area contributed by atoms with Gasteiger partial charge in [-0.15, -0.1) is 0 Å². The van der Waals surface area contributed by atoms with Gasteiger partial charge in [0, 0.05) is 0 Å². The summed E-state index contributed by atoms with van der Waals surface area (Å²) >= 11 is 0. The van der Waals surface area contributed by atoms with Crippen LogP contribution in [0.4, 0.5) is 0 Å². The van der Waals surface area contributed by atoms with Crippen LogP contribution in [0.5, 0.6) is 0 Å². The lowest BCUT2D eigenvalue weighted by molar-refractivity contribution is -0.137. The van der Waals surface area contributed by atoms with E-state index >= 15 is 0 Å². The maximum Gasteiger partial charge on any atom is 0.364 e. The molecule has 0 amide bonds. The largest absolute Gasteiger partial charge is 0.541 e. The molecule has 0 aliphatic carbocycles. The van der Waals surface area contributed by atoms with Crippen molar-refractivity contribution in [3.8, 4) is 0 Å². The molecule has 0 heterocycles. The highest BCUT2D eigenvalue weighted by Crippen LogP contribution is 2.14. The van der Waals surface area contributed by atoms with Gasteiger partial charge in [-0.1, -0.05) is 35.5 Å². The van der Waals surface area contributed by atoms with Crippen LogP contribution in [0.25, 0.3) is 0 Å². The summed E-state index contributed by atoms with van der Waals surface area (Å²) in [6.07, 6.45) is 1.32. The lowest BCUT2D eigenvalue weighted by atomic mass is 10.2. The van der Waals surface area contributed by atoms with Crippen molar-refractivity contribution in [1.29, 1.82) is 0 Å². The Morgan fingerprint density at radius 3 is 2.35 bits per heavy atom. The number of esters is 1. The fourth-order valence-corrected chi connectivity index (χ4v) is 2.44. The monoisotopic (exact) mass is 337 g/mol. The standard InChI is InChI=1S/C16H23NO5Si/c1-19-12-14(22-23(3,4)5)15(17-20-2)16(18)21-11-13-9-7-6-8-10-13/h6-10,12H,11H2,1-5H3. The molecule has 1 aromatic carbocycles. The Kier molecular flexibility index (Phi) is 7.34. The van der Waals surface area contributed by atoms with E-state index in [2.05, 4.69) is 5.16 Å². The minimum atomic E-state index is -1.97. The number of nitrogens with zero attached hydrogens (tertiary/aromatic N) is 1. The smallest absolute Gasteiger partial charge is 0.364 e. The van der Waals surface area contributed by atoms with Crippen LogP contribution >= 0.6 is 0 Å². The molecule has 1 aromatic rings. The van der Waals surface area contributed by atoms with Crippen LogP contribution in [-0.4, -0.2) is 34.2 Å². The van der Waals surface area contributed by atoms with Gasteiger partial charge in [0.15, 0.2) is 5.76 Å². The van der Waals surface area contributed by atoms with Crippen LogP contribution < -0.4 is 0 Å². The van der Waals surface area contributed by atoms with Gasteiger partial charge in [-0.25, -0.2) is 4.79 Å². The molecule has 126 valence electrons. The Morgan fingerprint density at radius 1 is 1.17 bits per heavy atom. The number of rotatable bonds is 8. The molecule has 0 saturated heterocycles. The first kappa shape index (κ1) is 18.8. The van der Waals surface area contributed by atoms with Crippen LogP contribution in [0.1, 0.15) is 5.56 Å². The Morgan fingerprint density at radius 2 is 1.83 bits per heavy atom. The van der Waals surface area contributed by atoms with Gasteiger partial charge in [0.05, 0.1) is 7.11 Å². The SMILES string of the molecule is COC=C(O[Si](C)(C)C)C(=NOC)C(=O)OCc1ccccc1. The lowest BCUT2D eigenvalue weighted by Gasteiger charge is -2.21. The van der Waals surface area contributed by atoms with E-state index in [4.69, 9.17) is 18.7 Å². The number of hydrogen-bond donors (Lipinski definition) is 0. The second-order valence-corrected chi connectivity index (χ2v) is 10.0. The Hall–Kier alpha value is -2.28. The summed E-state index contributed by atoms with van der Waals surface area (Å²) in [6, 6.07) is 9.37. The van der Waals surface area contributed by atoms with E-state index in [1.807, 2.05) is 50.0 Å². The fraction of sp³-hybridized carbons (Fsp3) is 0.375. The van der Waals surface area contributed by atoms with E-state index < -0.39 is 14.3 Å². The number of carbonyl (C=O) groups is 1. The molecular weight excluding hydrogens is 314 g/mol. The topological polar surface area (TPSA) is 66.3 Å².